The lowest BCUT2D eigenvalue weighted by Crippen LogP contribution is -2.43. The lowest BCUT2D eigenvalue weighted by molar-refractivity contribution is 0.0650. The summed E-state index contributed by atoms with van der Waals surface area (Å²) < 4.78 is 0. The van der Waals surface area contributed by atoms with Crippen molar-refractivity contribution < 1.29 is 9.59 Å². The number of piperidine rings is 1. The summed E-state index contributed by atoms with van der Waals surface area (Å²) in [7, 11) is 0. The van der Waals surface area contributed by atoms with E-state index in [0.29, 0.717) is 22.7 Å². The monoisotopic (exact) mass is 439 g/mol. The largest absolute Gasteiger partial charge is 0.353 e. The van der Waals surface area contributed by atoms with Crippen molar-refractivity contribution in [1.82, 2.24) is 4.90 Å². The Balaban J connectivity index is 1.30. The minimum absolute atomic E-state index is 0.0183. The Bertz CT molecular complexity index is 1190. The highest BCUT2D eigenvalue weighted by atomic mass is 16.2. The number of hydrogen-bond acceptors (Lipinski definition) is 3. The number of likely N-dealkylation sites (tertiary alicyclic amines) is 1. The molecule has 1 fully saturated rings. The highest BCUT2D eigenvalue weighted by molar-refractivity contribution is 6.12. The van der Waals surface area contributed by atoms with Gasteiger partial charge in [0.1, 0.15) is 0 Å². The lowest BCUT2D eigenvalue weighted by Gasteiger charge is -2.41. The van der Waals surface area contributed by atoms with Crippen LogP contribution in [0.2, 0.25) is 0 Å². The Morgan fingerprint density at radius 1 is 0.848 bits per heavy atom. The molecule has 0 spiro atoms. The van der Waals surface area contributed by atoms with Crippen molar-refractivity contribution in [1.29, 1.82) is 0 Å². The van der Waals surface area contributed by atoms with Crippen molar-refractivity contribution in [2.75, 3.05) is 23.7 Å². The van der Waals surface area contributed by atoms with Crippen LogP contribution in [0.25, 0.3) is 0 Å². The van der Waals surface area contributed by atoms with Crippen molar-refractivity contribution in [3.05, 3.63) is 89.5 Å². The number of rotatable bonds is 3. The Labute approximate surface area is 194 Å². The minimum atomic E-state index is -0.176. The standard InChI is InChI=1S/C28H29N3O2/c1-28(2,20-8-4-3-5-9-20)21-14-16-31(17-15-21)27(33)19-12-13-24-25(18-19)30-26(32)22-10-6-7-11-23(22)29-24/h3-13,18,21,29H,14-17H2,1-2H3,(H,30,32). The third-order valence-electron chi connectivity index (χ3n) is 7.28. The second-order valence-electron chi connectivity index (χ2n) is 9.54. The average molecular weight is 440 g/mol. The zero-order valence-corrected chi connectivity index (χ0v) is 19.1. The van der Waals surface area contributed by atoms with Crippen LogP contribution in [0.4, 0.5) is 17.1 Å². The minimum Gasteiger partial charge on any atom is -0.353 e. The maximum Gasteiger partial charge on any atom is 0.257 e. The number of anilines is 3. The summed E-state index contributed by atoms with van der Waals surface area (Å²) in [4.78, 5) is 27.9. The molecule has 0 aliphatic carbocycles. The topological polar surface area (TPSA) is 61.4 Å². The number of amides is 2. The van der Waals surface area contributed by atoms with E-state index in [1.165, 1.54) is 5.56 Å². The van der Waals surface area contributed by atoms with Gasteiger partial charge in [-0.05, 0) is 60.1 Å². The Morgan fingerprint density at radius 3 is 2.30 bits per heavy atom. The molecule has 3 aromatic carbocycles. The predicted octanol–water partition coefficient (Wildman–Crippen LogP) is 5.83. The molecule has 0 aromatic heterocycles. The molecule has 5 rings (SSSR count). The fraction of sp³-hybridized carbons (Fsp3) is 0.286. The lowest BCUT2D eigenvalue weighted by atomic mass is 9.69. The summed E-state index contributed by atoms with van der Waals surface area (Å²) in [6, 6.07) is 23.6. The van der Waals surface area contributed by atoms with Gasteiger partial charge in [-0.15, -0.1) is 0 Å². The predicted molar refractivity (Wildman–Crippen MR) is 132 cm³/mol. The van der Waals surface area contributed by atoms with Gasteiger partial charge >= 0.3 is 0 Å². The van der Waals surface area contributed by atoms with E-state index >= 15 is 0 Å². The second-order valence-corrected chi connectivity index (χ2v) is 9.54. The molecular weight excluding hydrogens is 410 g/mol. The Hall–Kier alpha value is -3.60. The van der Waals surface area contributed by atoms with Gasteiger partial charge < -0.3 is 15.5 Å². The number of hydrogen-bond donors (Lipinski definition) is 2. The van der Waals surface area contributed by atoms with Crippen LogP contribution in [0, 0.1) is 5.92 Å². The molecule has 33 heavy (non-hydrogen) atoms. The smallest absolute Gasteiger partial charge is 0.257 e. The van der Waals surface area contributed by atoms with E-state index in [0.717, 1.165) is 37.3 Å². The molecule has 2 heterocycles. The number of nitrogens with one attached hydrogen (secondary N) is 2. The number of fused-ring (bicyclic) bond motifs is 2. The summed E-state index contributed by atoms with van der Waals surface area (Å²) in [5, 5.41) is 6.26. The first-order valence-corrected chi connectivity index (χ1v) is 11.6. The first-order chi connectivity index (χ1) is 15.9. The van der Waals surface area contributed by atoms with Crippen molar-refractivity contribution in [2.45, 2.75) is 32.1 Å². The molecule has 5 heteroatoms. The van der Waals surface area contributed by atoms with E-state index < -0.39 is 0 Å². The van der Waals surface area contributed by atoms with Gasteiger partial charge in [0, 0.05) is 18.7 Å². The molecule has 0 saturated carbocycles. The van der Waals surface area contributed by atoms with Gasteiger partial charge in [-0.2, -0.15) is 0 Å². The van der Waals surface area contributed by atoms with Crippen LogP contribution in [-0.2, 0) is 5.41 Å². The van der Waals surface area contributed by atoms with Crippen molar-refractivity contribution >= 4 is 28.9 Å². The molecule has 3 aromatic rings. The fourth-order valence-corrected chi connectivity index (χ4v) is 5.10. The van der Waals surface area contributed by atoms with Crippen LogP contribution in [0.5, 0.6) is 0 Å². The van der Waals surface area contributed by atoms with Crippen LogP contribution >= 0.6 is 0 Å². The van der Waals surface area contributed by atoms with E-state index in [-0.39, 0.29) is 17.2 Å². The van der Waals surface area contributed by atoms with Crippen molar-refractivity contribution in [2.24, 2.45) is 5.92 Å². The van der Waals surface area contributed by atoms with Crippen LogP contribution in [-0.4, -0.2) is 29.8 Å². The molecule has 0 radical (unpaired) electrons. The first kappa shape index (κ1) is 21.3. The van der Waals surface area contributed by atoms with Gasteiger partial charge in [-0.3, -0.25) is 9.59 Å². The summed E-state index contributed by atoms with van der Waals surface area (Å²) in [5.41, 5.74) is 4.79. The zero-order chi connectivity index (χ0) is 23.0. The molecule has 168 valence electrons. The highest BCUT2D eigenvalue weighted by Gasteiger charge is 2.35. The van der Waals surface area contributed by atoms with E-state index in [9.17, 15) is 9.59 Å². The molecule has 0 bridgehead atoms. The highest BCUT2D eigenvalue weighted by Crippen LogP contribution is 2.38. The van der Waals surface area contributed by atoms with Gasteiger partial charge in [0.2, 0.25) is 0 Å². The van der Waals surface area contributed by atoms with Gasteiger partial charge in [0.25, 0.3) is 11.8 Å². The summed E-state index contributed by atoms with van der Waals surface area (Å²) in [6.07, 6.45) is 1.96. The van der Waals surface area contributed by atoms with Gasteiger partial charge in [0.05, 0.1) is 22.6 Å². The van der Waals surface area contributed by atoms with E-state index in [2.05, 4.69) is 54.8 Å². The van der Waals surface area contributed by atoms with E-state index in [1.807, 2.05) is 35.2 Å². The molecular formula is C28H29N3O2. The quantitative estimate of drug-likeness (QED) is 0.540. The molecule has 2 amide bonds. The summed E-state index contributed by atoms with van der Waals surface area (Å²) in [5.74, 6) is 0.369. The number of carbonyl (C=O) groups is 2. The van der Waals surface area contributed by atoms with Crippen molar-refractivity contribution in [3.63, 3.8) is 0 Å². The van der Waals surface area contributed by atoms with Crippen molar-refractivity contribution in [3.8, 4) is 0 Å². The number of para-hydroxylation sites is 1. The van der Waals surface area contributed by atoms with E-state index in [4.69, 9.17) is 0 Å². The Morgan fingerprint density at radius 2 is 1.55 bits per heavy atom. The zero-order valence-electron chi connectivity index (χ0n) is 19.1. The summed E-state index contributed by atoms with van der Waals surface area (Å²) >= 11 is 0. The summed E-state index contributed by atoms with van der Waals surface area (Å²) in [6.45, 7) is 6.11. The van der Waals surface area contributed by atoms with E-state index in [1.54, 1.807) is 12.1 Å². The number of carbonyl (C=O) groups excluding carboxylic acids is 2. The SMILES string of the molecule is CC(C)(c1ccccc1)C1CCN(C(=O)c2ccc3c(c2)NC(=O)c2ccccc2N3)CC1. The molecule has 2 aliphatic rings. The second kappa shape index (κ2) is 8.39. The van der Waals surface area contributed by atoms with Gasteiger partial charge in [-0.25, -0.2) is 0 Å². The normalized spacial score (nSPS) is 16.2. The fourth-order valence-electron chi connectivity index (χ4n) is 5.10. The maximum absolute atomic E-state index is 13.3. The third kappa shape index (κ3) is 3.99. The first-order valence-electron chi connectivity index (χ1n) is 11.6. The maximum atomic E-state index is 13.3. The molecule has 5 nitrogen and oxygen atoms in total. The van der Waals surface area contributed by atoms with Crippen LogP contribution < -0.4 is 10.6 Å². The molecule has 0 unspecified atom stereocenters. The van der Waals surface area contributed by atoms with Gasteiger partial charge in [-0.1, -0.05) is 56.3 Å². The molecule has 0 atom stereocenters. The average Bonchev–Trinajstić information content (AvgIpc) is 2.99. The van der Waals surface area contributed by atoms with Gasteiger partial charge in [0.15, 0.2) is 0 Å². The van der Waals surface area contributed by atoms with Crippen LogP contribution in [0.1, 0.15) is 53.0 Å². The number of nitrogens with zero attached hydrogens (tertiary/aromatic N) is 1. The third-order valence-corrected chi connectivity index (χ3v) is 7.28. The van der Waals surface area contributed by atoms with Crippen LogP contribution in [0.3, 0.4) is 0 Å². The molecule has 2 N–H and O–H groups in total. The Kier molecular flexibility index (Phi) is 5.41. The molecule has 1 saturated heterocycles. The molecule has 2 aliphatic heterocycles. The number of benzene rings is 3. The van der Waals surface area contributed by atoms with Crippen LogP contribution in [0.15, 0.2) is 72.8 Å².